The molecule has 0 aliphatic carbocycles. The van der Waals surface area contributed by atoms with Crippen molar-refractivity contribution in [3.05, 3.63) is 59.2 Å². The number of amides is 2. The molecule has 0 radical (unpaired) electrons. The number of carbonyl (C=O) groups excluding carboxylic acids is 2. The molecule has 9 heteroatoms. The van der Waals surface area contributed by atoms with Gasteiger partial charge in [0, 0.05) is 24.3 Å². The van der Waals surface area contributed by atoms with E-state index in [1.807, 2.05) is 24.3 Å². The van der Waals surface area contributed by atoms with Crippen molar-refractivity contribution >= 4 is 33.4 Å². The van der Waals surface area contributed by atoms with E-state index in [0.29, 0.717) is 43.9 Å². The third-order valence-electron chi connectivity index (χ3n) is 5.03. The van der Waals surface area contributed by atoms with Crippen LogP contribution in [-0.4, -0.2) is 46.4 Å². The molecule has 2 heterocycles. The minimum atomic E-state index is -3.31. The molecule has 8 nitrogen and oxygen atoms in total. The number of carbonyl (C=O) groups is 2. The van der Waals surface area contributed by atoms with Crippen LogP contribution in [0, 0.1) is 0 Å². The summed E-state index contributed by atoms with van der Waals surface area (Å²) in [4.78, 5) is 25.8. The van der Waals surface area contributed by atoms with Crippen LogP contribution >= 0.6 is 0 Å². The van der Waals surface area contributed by atoms with E-state index < -0.39 is 10.0 Å². The molecule has 0 unspecified atom stereocenters. The van der Waals surface area contributed by atoms with E-state index in [4.69, 9.17) is 4.74 Å². The fraction of sp³-hybridized carbons (Fsp3) is 0.300. The molecule has 2 aliphatic rings. The largest absolute Gasteiger partial charge is 0.447 e. The lowest BCUT2D eigenvalue weighted by molar-refractivity contribution is 0.0950. The summed E-state index contributed by atoms with van der Waals surface area (Å²) in [7, 11) is -3.31. The van der Waals surface area contributed by atoms with E-state index in [2.05, 4.69) is 5.32 Å². The van der Waals surface area contributed by atoms with Crippen molar-refractivity contribution in [2.24, 2.45) is 0 Å². The smallest absolute Gasteiger partial charge is 0.414 e. The summed E-state index contributed by atoms with van der Waals surface area (Å²) in [6, 6.07) is 12.4. The van der Waals surface area contributed by atoms with Gasteiger partial charge < -0.3 is 10.1 Å². The number of ether oxygens (including phenoxy) is 1. The highest BCUT2D eigenvalue weighted by Crippen LogP contribution is 2.30. The van der Waals surface area contributed by atoms with E-state index >= 15 is 0 Å². The summed E-state index contributed by atoms with van der Waals surface area (Å²) in [5, 5.41) is 2.87. The number of fused-ring (bicyclic) bond motifs is 1. The summed E-state index contributed by atoms with van der Waals surface area (Å²) < 4.78 is 30.0. The Kier molecular flexibility index (Phi) is 4.91. The van der Waals surface area contributed by atoms with Crippen LogP contribution < -0.4 is 14.5 Å². The summed E-state index contributed by atoms with van der Waals surface area (Å²) >= 11 is 0. The molecular weight excluding hydrogens is 394 g/mol. The molecule has 1 fully saturated rings. The third-order valence-corrected chi connectivity index (χ3v) is 6.21. The van der Waals surface area contributed by atoms with E-state index in [1.54, 1.807) is 23.1 Å². The van der Waals surface area contributed by atoms with Gasteiger partial charge in [-0.1, -0.05) is 12.1 Å². The Morgan fingerprint density at radius 3 is 2.72 bits per heavy atom. The van der Waals surface area contributed by atoms with Gasteiger partial charge in [-0.2, -0.15) is 0 Å². The van der Waals surface area contributed by atoms with Crippen molar-refractivity contribution < 1.29 is 22.7 Å². The molecule has 2 aromatic carbocycles. The van der Waals surface area contributed by atoms with Crippen LogP contribution in [0.25, 0.3) is 0 Å². The number of hydrogen-bond donors (Lipinski definition) is 1. The number of cyclic esters (lactones) is 1. The molecule has 152 valence electrons. The fourth-order valence-corrected chi connectivity index (χ4v) is 4.56. The van der Waals surface area contributed by atoms with Crippen LogP contribution in [0.3, 0.4) is 0 Å². The van der Waals surface area contributed by atoms with E-state index in [9.17, 15) is 18.0 Å². The minimum absolute atomic E-state index is 0.239. The molecule has 0 bridgehead atoms. The first kappa shape index (κ1) is 19.3. The Balaban J connectivity index is 1.44. The minimum Gasteiger partial charge on any atom is -0.447 e. The maximum atomic E-state index is 12.6. The van der Waals surface area contributed by atoms with Crippen molar-refractivity contribution in [3.63, 3.8) is 0 Å². The van der Waals surface area contributed by atoms with Gasteiger partial charge in [-0.25, -0.2) is 13.2 Å². The van der Waals surface area contributed by atoms with E-state index in [-0.39, 0.29) is 12.0 Å². The first-order chi connectivity index (χ1) is 13.8. The summed E-state index contributed by atoms with van der Waals surface area (Å²) in [5.41, 5.74) is 3.56. The Morgan fingerprint density at radius 2 is 2.00 bits per heavy atom. The van der Waals surface area contributed by atoms with Gasteiger partial charge in [0.05, 0.1) is 18.5 Å². The average Bonchev–Trinajstić information content (AvgIpc) is 3.31. The van der Waals surface area contributed by atoms with Gasteiger partial charge in [0.15, 0.2) is 0 Å². The maximum absolute atomic E-state index is 12.6. The van der Waals surface area contributed by atoms with Crippen LogP contribution in [0.5, 0.6) is 0 Å². The zero-order valence-electron chi connectivity index (χ0n) is 15.9. The fourth-order valence-electron chi connectivity index (χ4n) is 3.60. The van der Waals surface area contributed by atoms with Gasteiger partial charge in [0.2, 0.25) is 10.0 Å². The zero-order chi connectivity index (χ0) is 20.6. The highest BCUT2D eigenvalue weighted by Gasteiger charge is 2.27. The molecule has 4 rings (SSSR count). The van der Waals surface area contributed by atoms with Crippen molar-refractivity contribution in [1.29, 1.82) is 0 Å². The maximum Gasteiger partial charge on any atom is 0.414 e. The summed E-state index contributed by atoms with van der Waals surface area (Å²) in [5.74, 6) is -0.239. The van der Waals surface area contributed by atoms with E-state index in [1.165, 1.54) is 10.6 Å². The van der Waals surface area contributed by atoms with Gasteiger partial charge >= 0.3 is 6.09 Å². The summed E-state index contributed by atoms with van der Waals surface area (Å²) in [6.45, 7) is 1.58. The number of anilines is 2. The normalized spacial score (nSPS) is 16.0. The highest BCUT2D eigenvalue weighted by atomic mass is 32.2. The van der Waals surface area contributed by atoms with Crippen LogP contribution in [-0.2, 0) is 27.7 Å². The van der Waals surface area contributed by atoms with Gasteiger partial charge in [0.1, 0.15) is 6.61 Å². The molecular formula is C20H21N3O5S. The third kappa shape index (κ3) is 3.91. The number of benzene rings is 2. The van der Waals surface area contributed by atoms with Gasteiger partial charge in [0.25, 0.3) is 5.91 Å². The molecule has 0 atom stereocenters. The summed E-state index contributed by atoms with van der Waals surface area (Å²) in [6.07, 6.45) is 1.39. The molecule has 2 amide bonds. The quantitative estimate of drug-likeness (QED) is 0.805. The predicted octanol–water partition coefficient (Wildman–Crippen LogP) is 1.90. The lowest BCUT2D eigenvalue weighted by Crippen LogP contribution is -2.27. The molecule has 1 saturated heterocycles. The molecule has 2 aliphatic heterocycles. The number of rotatable bonds is 5. The Labute approximate surface area is 169 Å². The molecule has 29 heavy (non-hydrogen) atoms. The average molecular weight is 415 g/mol. The van der Waals surface area contributed by atoms with Crippen LogP contribution in [0.4, 0.5) is 16.2 Å². The molecule has 0 aromatic heterocycles. The standard InChI is InChI=1S/C20H21N3O5S/c1-29(26,27)23-8-7-15-12-16(5-6-18(15)23)19(24)21-13-14-3-2-4-17(11-14)22-9-10-28-20(22)25/h2-6,11-12H,7-10,13H2,1H3,(H,21,24). The molecule has 1 N–H and O–H groups in total. The molecule has 2 aromatic rings. The molecule has 0 spiro atoms. The monoisotopic (exact) mass is 415 g/mol. The lowest BCUT2D eigenvalue weighted by Gasteiger charge is -2.16. The number of nitrogens with zero attached hydrogens (tertiary/aromatic N) is 2. The van der Waals surface area contributed by atoms with E-state index in [0.717, 1.165) is 16.8 Å². The van der Waals surface area contributed by atoms with Gasteiger partial charge in [-0.15, -0.1) is 0 Å². The predicted molar refractivity (Wildman–Crippen MR) is 109 cm³/mol. The van der Waals surface area contributed by atoms with Crippen molar-refractivity contribution in [3.8, 4) is 0 Å². The van der Waals surface area contributed by atoms with Gasteiger partial charge in [-0.3, -0.25) is 14.0 Å². The number of hydrogen-bond acceptors (Lipinski definition) is 5. The first-order valence-electron chi connectivity index (χ1n) is 9.25. The second-order valence-corrected chi connectivity index (χ2v) is 8.95. The second kappa shape index (κ2) is 7.40. The van der Waals surface area contributed by atoms with Crippen molar-refractivity contribution in [2.75, 3.05) is 35.2 Å². The second-order valence-electron chi connectivity index (χ2n) is 7.05. The number of sulfonamides is 1. The Hall–Kier alpha value is -3.07. The first-order valence-corrected chi connectivity index (χ1v) is 11.1. The van der Waals surface area contributed by atoms with Crippen molar-refractivity contribution in [2.45, 2.75) is 13.0 Å². The van der Waals surface area contributed by atoms with Crippen LogP contribution in [0.1, 0.15) is 21.5 Å². The number of nitrogens with one attached hydrogen (secondary N) is 1. The Morgan fingerprint density at radius 1 is 1.17 bits per heavy atom. The van der Waals surface area contributed by atoms with Crippen LogP contribution in [0.15, 0.2) is 42.5 Å². The molecule has 0 saturated carbocycles. The topological polar surface area (TPSA) is 96.0 Å². The SMILES string of the molecule is CS(=O)(=O)N1CCc2cc(C(=O)NCc3cccc(N4CCOC4=O)c3)ccc21. The van der Waals surface area contributed by atoms with Gasteiger partial charge in [-0.05, 0) is 47.9 Å². The zero-order valence-corrected chi connectivity index (χ0v) is 16.7. The van der Waals surface area contributed by atoms with Crippen LogP contribution in [0.2, 0.25) is 0 Å². The van der Waals surface area contributed by atoms with Crippen molar-refractivity contribution in [1.82, 2.24) is 5.32 Å². The highest BCUT2D eigenvalue weighted by molar-refractivity contribution is 7.92. The Bertz CT molecular complexity index is 1080. The lowest BCUT2D eigenvalue weighted by atomic mass is 10.1.